The predicted molar refractivity (Wildman–Crippen MR) is 69.1 cm³/mol. The van der Waals surface area contributed by atoms with E-state index < -0.39 is 57.7 Å². The van der Waals surface area contributed by atoms with E-state index in [1.165, 1.54) is 0 Å². The molecule has 0 radical (unpaired) electrons. The highest BCUT2D eigenvalue weighted by atomic mass is 31.2. The van der Waals surface area contributed by atoms with E-state index >= 15 is 0 Å². The zero-order chi connectivity index (χ0) is 17.3. The maximum Gasteiger partial charge on any atom is 0.472 e. The first-order valence-corrected chi connectivity index (χ1v) is 7.44. The average molecular weight is 343 g/mol. The molecule has 12 heteroatoms. The topological polar surface area (TPSA) is 172 Å². The van der Waals surface area contributed by atoms with Gasteiger partial charge in [-0.2, -0.15) is 0 Å². The number of ether oxygens (including phenoxy) is 2. The zero-order valence-corrected chi connectivity index (χ0v) is 12.9. The molecular formula is C10H18NO10P. The van der Waals surface area contributed by atoms with Gasteiger partial charge in [-0.15, -0.1) is 0 Å². The van der Waals surface area contributed by atoms with Gasteiger partial charge in [0.05, 0.1) is 19.8 Å². The minimum Gasteiger partial charge on any atom is -0.458 e. The van der Waals surface area contributed by atoms with Crippen LogP contribution in [0.1, 0.15) is 13.8 Å². The van der Waals surface area contributed by atoms with Gasteiger partial charge in [-0.3, -0.25) is 18.6 Å². The van der Waals surface area contributed by atoms with Gasteiger partial charge in [0, 0.05) is 13.8 Å². The first-order chi connectivity index (χ1) is 10.1. The van der Waals surface area contributed by atoms with Gasteiger partial charge in [-0.25, -0.2) is 9.36 Å². The van der Waals surface area contributed by atoms with Crippen molar-refractivity contribution in [3.63, 3.8) is 0 Å². The van der Waals surface area contributed by atoms with Crippen molar-refractivity contribution in [1.82, 2.24) is 0 Å². The summed E-state index contributed by atoms with van der Waals surface area (Å²) in [5, 5.41) is 8.86. The minimum absolute atomic E-state index is 0.614. The molecule has 0 aliphatic rings. The highest BCUT2D eigenvalue weighted by Crippen LogP contribution is 2.43. The van der Waals surface area contributed by atoms with Gasteiger partial charge in [-0.1, -0.05) is 0 Å². The maximum absolute atomic E-state index is 11.5. The first kappa shape index (κ1) is 20.6. The SMILES string of the molecule is CC(=O)OC(=O)C(N)COP(=O)(O)OCC(CO)OC(C)=O. The summed E-state index contributed by atoms with van der Waals surface area (Å²) in [5.41, 5.74) is 5.27. The summed E-state index contributed by atoms with van der Waals surface area (Å²) in [7, 11) is -4.61. The van der Waals surface area contributed by atoms with E-state index in [0.29, 0.717) is 0 Å². The van der Waals surface area contributed by atoms with Gasteiger partial charge in [0.1, 0.15) is 12.1 Å². The summed E-state index contributed by atoms with van der Waals surface area (Å²) in [6, 6.07) is -1.48. The average Bonchev–Trinajstić information content (AvgIpc) is 2.39. The van der Waals surface area contributed by atoms with E-state index in [9.17, 15) is 23.8 Å². The molecule has 0 aliphatic heterocycles. The Morgan fingerprint density at radius 3 is 2.14 bits per heavy atom. The second-order valence-corrected chi connectivity index (χ2v) is 5.45. The third kappa shape index (κ3) is 9.55. The molecule has 128 valence electrons. The molecule has 4 N–H and O–H groups in total. The highest BCUT2D eigenvalue weighted by Gasteiger charge is 2.27. The Kier molecular flexibility index (Phi) is 9.02. The smallest absolute Gasteiger partial charge is 0.458 e. The monoisotopic (exact) mass is 343 g/mol. The Bertz CT molecular complexity index is 453. The Hall–Kier alpha value is -1.36. The largest absolute Gasteiger partial charge is 0.472 e. The van der Waals surface area contributed by atoms with E-state index in [4.69, 9.17) is 10.8 Å². The van der Waals surface area contributed by atoms with Crippen LogP contribution in [0, 0.1) is 0 Å². The van der Waals surface area contributed by atoms with Crippen LogP contribution in [0.2, 0.25) is 0 Å². The van der Waals surface area contributed by atoms with Crippen molar-refractivity contribution in [2.24, 2.45) is 5.73 Å². The number of carbonyl (C=O) groups is 3. The zero-order valence-electron chi connectivity index (χ0n) is 12.0. The molecule has 0 aromatic heterocycles. The van der Waals surface area contributed by atoms with Crippen molar-refractivity contribution in [3.8, 4) is 0 Å². The molecule has 0 amide bonds. The van der Waals surface area contributed by atoms with E-state index in [2.05, 4.69) is 18.5 Å². The second-order valence-electron chi connectivity index (χ2n) is 3.99. The molecule has 0 spiro atoms. The van der Waals surface area contributed by atoms with Crippen LogP contribution in [-0.2, 0) is 37.5 Å². The Balaban J connectivity index is 4.28. The molecule has 0 saturated heterocycles. The van der Waals surface area contributed by atoms with E-state index in [-0.39, 0.29) is 0 Å². The molecule has 0 saturated carbocycles. The number of aliphatic hydroxyl groups excluding tert-OH is 1. The van der Waals surface area contributed by atoms with Crippen molar-refractivity contribution in [2.75, 3.05) is 19.8 Å². The number of hydrogen-bond acceptors (Lipinski definition) is 10. The van der Waals surface area contributed by atoms with E-state index in [1.54, 1.807) is 0 Å². The number of aliphatic hydroxyl groups is 1. The van der Waals surface area contributed by atoms with E-state index in [0.717, 1.165) is 13.8 Å². The first-order valence-electron chi connectivity index (χ1n) is 5.95. The van der Waals surface area contributed by atoms with Crippen LogP contribution in [-0.4, -0.2) is 59.9 Å². The van der Waals surface area contributed by atoms with Gasteiger partial charge in [-0.05, 0) is 0 Å². The number of hydrogen-bond donors (Lipinski definition) is 3. The fraction of sp³-hybridized carbons (Fsp3) is 0.700. The van der Waals surface area contributed by atoms with Gasteiger partial charge in [0.15, 0.2) is 0 Å². The Morgan fingerprint density at radius 1 is 1.14 bits per heavy atom. The lowest BCUT2D eigenvalue weighted by molar-refractivity contribution is -0.159. The van der Waals surface area contributed by atoms with Crippen LogP contribution in [0.5, 0.6) is 0 Å². The van der Waals surface area contributed by atoms with Crippen LogP contribution < -0.4 is 5.73 Å². The quantitative estimate of drug-likeness (QED) is 0.251. The standard InChI is InChI=1S/C10H18NO10P/c1-6(13)20-8(3-12)4-18-22(16,17)19-5-9(11)10(15)21-7(2)14/h8-9,12H,3-5,11H2,1-2H3,(H,16,17). The van der Waals surface area contributed by atoms with Gasteiger partial charge in [0.2, 0.25) is 0 Å². The molecule has 0 heterocycles. The summed E-state index contributed by atoms with van der Waals surface area (Å²) in [4.78, 5) is 41.7. The fourth-order valence-electron chi connectivity index (χ4n) is 1.03. The molecule has 22 heavy (non-hydrogen) atoms. The molecule has 0 bridgehead atoms. The molecule has 3 atom stereocenters. The van der Waals surface area contributed by atoms with Crippen LogP contribution in [0.3, 0.4) is 0 Å². The number of carbonyl (C=O) groups excluding carboxylic acids is 3. The summed E-state index contributed by atoms with van der Waals surface area (Å²) in [6.45, 7) is 0.0607. The van der Waals surface area contributed by atoms with Crippen molar-refractivity contribution in [2.45, 2.75) is 26.0 Å². The normalized spacial score (nSPS) is 16.2. The number of phosphoric ester groups is 1. The number of esters is 3. The molecule has 0 aromatic rings. The molecule has 0 aromatic carbocycles. The predicted octanol–water partition coefficient (Wildman–Crippen LogP) is -1.54. The lowest BCUT2D eigenvalue weighted by Crippen LogP contribution is -2.37. The number of rotatable bonds is 9. The summed E-state index contributed by atoms with van der Waals surface area (Å²) >= 11 is 0. The molecule has 3 unspecified atom stereocenters. The summed E-state index contributed by atoms with van der Waals surface area (Å²) in [6.07, 6.45) is -1.15. The molecule has 0 fully saturated rings. The Morgan fingerprint density at radius 2 is 1.68 bits per heavy atom. The lowest BCUT2D eigenvalue weighted by Gasteiger charge is -2.18. The van der Waals surface area contributed by atoms with Gasteiger partial charge in [0.25, 0.3) is 0 Å². The van der Waals surface area contributed by atoms with Crippen LogP contribution >= 0.6 is 7.82 Å². The minimum atomic E-state index is -4.61. The summed E-state index contributed by atoms with van der Waals surface area (Å²) in [5.74, 6) is -2.75. The van der Waals surface area contributed by atoms with Crippen LogP contribution in [0.4, 0.5) is 0 Å². The third-order valence-electron chi connectivity index (χ3n) is 1.92. The third-order valence-corrected chi connectivity index (χ3v) is 2.87. The van der Waals surface area contributed by atoms with Crippen molar-refractivity contribution < 1.29 is 47.5 Å². The van der Waals surface area contributed by atoms with Gasteiger partial charge < -0.3 is 25.2 Å². The maximum atomic E-state index is 11.5. The van der Waals surface area contributed by atoms with Crippen LogP contribution in [0.25, 0.3) is 0 Å². The number of phosphoric acid groups is 1. The fourth-order valence-corrected chi connectivity index (χ4v) is 1.81. The molecule has 0 rings (SSSR count). The highest BCUT2D eigenvalue weighted by molar-refractivity contribution is 7.47. The van der Waals surface area contributed by atoms with Crippen molar-refractivity contribution in [3.05, 3.63) is 0 Å². The number of nitrogens with two attached hydrogens (primary N) is 1. The van der Waals surface area contributed by atoms with Crippen molar-refractivity contribution in [1.29, 1.82) is 0 Å². The van der Waals surface area contributed by atoms with Crippen LogP contribution in [0.15, 0.2) is 0 Å². The molecule has 0 aliphatic carbocycles. The lowest BCUT2D eigenvalue weighted by atomic mass is 10.3. The molecule has 11 nitrogen and oxygen atoms in total. The van der Waals surface area contributed by atoms with Crippen molar-refractivity contribution >= 4 is 25.7 Å². The van der Waals surface area contributed by atoms with E-state index in [1.807, 2.05) is 0 Å². The summed E-state index contributed by atoms with van der Waals surface area (Å²) < 4.78 is 29.1. The van der Waals surface area contributed by atoms with Gasteiger partial charge >= 0.3 is 25.7 Å². The Labute approximate surface area is 125 Å². The second kappa shape index (κ2) is 9.62. The molecular weight excluding hydrogens is 325 g/mol.